The number of likely N-dealkylation sites (tertiary alicyclic amines) is 1. The number of β-lactam (4-membered cyclic amide) rings is 1. The number of hydrogen-bond donors (Lipinski definition) is 8. The molecule has 2 unspecified atom stereocenters. The van der Waals surface area contributed by atoms with Gasteiger partial charge < -0.3 is 51.4 Å². The number of aliphatic carboxylic acids is 1. The van der Waals surface area contributed by atoms with E-state index in [1.54, 1.807) is 0 Å². The Kier molecular flexibility index (Phi) is 11.2. The fourth-order valence-corrected chi connectivity index (χ4v) is 7.92. The molecule has 3 aliphatic rings. The quantitative estimate of drug-likeness (QED) is 0.0374. The summed E-state index contributed by atoms with van der Waals surface area (Å²) in [6, 6.07) is 0.645. The molecule has 3 aliphatic heterocycles. The van der Waals surface area contributed by atoms with E-state index in [0.29, 0.717) is 17.3 Å². The number of carboxylic acids is 1. The van der Waals surface area contributed by atoms with Crippen LogP contribution < -0.4 is 27.1 Å². The summed E-state index contributed by atoms with van der Waals surface area (Å²) >= 11 is 7.17. The molecule has 55 heavy (non-hydrogen) atoms. The Morgan fingerprint density at radius 3 is 2.55 bits per heavy atom. The Balaban J connectivity index is 1.24. The standard InChI is InChI=1S/C29H34ClN9O14S2/c1-28(2,27(46)47)53-36-21(20-22(30)54-29(3,31)34-20)24(43)32-8-13-16(39(25(13)44)55(49,50)51)9-33-23(42)19-6-14(35-52-19)12-4-5-37(10-12)26(45)15-7-17(40)18(41)11-38(15)48/h6-7,11-13,16,34,41,48H,4-5,8-10,31H2,1-3H3,(H,32,43)(H,33,42)(H,46,47)(H,49,50,51)/b36-21-/t12-,13?,16+,29?/m1/s1. The summed E-state index contributed by atoms with van der Waals surface area (Å²) in [5, 5.41) is 43.9. The summed E-state index contributed by atoms with van der Waals surface area (Å²) in [5.74, 6) is -8.05. The average molecular weight is 832 g/mol. The number of pyridine rings is 1. The molecule has 26 heteroatoms. The molecular weight excluding hydrogens is 798 g/mol. The Labute approximate surface area is 319 Å². The van der Waals surface area contributed by atoms with Gasteiger partial charge >= 0.3 is 16.3 Å². The minimum atomic E-state index is -5.12. The Hall–Kier alpha value is -5.37. The van der Waals surface area contributed by atoms with Crippen LogP contribution in [0.4, 0.5) is 0 Å². The Morgan fingerprint density at radius 2 is 1.93 bits per heavy atom. The summed E-state index contributed by atoms with van der Waals surface area (Å²) in [7, 11) is -5.12. The van der Waals surface area contributed by atoms with Crippen molar-refractivity contribution < 1.29 is 61.7 Å². The molecule has 2 aromatic heterocycles. The molecular formula is C29H34ClN9O14S2. The van der Waals surface area contributed by atoms with Crippen LogP contribution in [0.2, 0.25) is 0 Å². The highest BCUT2D eigenvalue weighted by molar-refractivity contribution is 8.06. The Morgan fingerprint density at radius 1 is 1.24 bits per heavy atom. The van der Waals surface area contributed by atoms with Gasteiger partial charge in [0, 0.05) is 44.2 Å². The molecule has 4 atom stereocenters. The van der Waals surface area contributed by atoms with E-state index in [1.807, 2.05) is 0 Å². The zero-order valence-corrected chi connectivity index (χ0v) is 31.3. The van der Waals surface area contributed by atoms with Crippen LogP contribution in [0.1, 0.15) is 59.8 Å². The molecule has 4 amide bonds. The normalized spacial score (nSPS) is 23.0. The highest BCUT2D eigenvalue weighted by atomic mass is 35.5. The van der Waals surface area contributed by atoms with Crippen molar-refractivity contribution in [2.24, 2.45) is 16.8 Å². The van der Waals surface area contributed by atoms with Crippen molar-refractivity contribution in [2.75, 3.05) is 26.2 Å². The van der Waals surface area contributed by atoms with Crippen molar-refractivity contribution >= 4 is 69.0 Å². The average Bonchev–Trinajstić information content (AvgIpc) is 3.82. The van der Waals surface area contributed by atoms with Gasteiger partial charge in [0.15, 0.2) is 11.5 Å². The smallest absolute Gasteiger partial charge is 0.362 e. The SMILES string of the molecule is CC1(N)NC(/C(=N/OC(C)(C)C(=O)O)C(=O)NCC2C(=O)N(S(=O)(=O)O)[C@H]2CNC(=O)c2cc([C@@H]3CCN(C(=O)c4cc(=O)c(O)cn4O)C3)no2)=C(Cl)S1. The molecule has 9 N–H and O–H groups in total. The lowest BCUT2D eigenvalue weighted by Gasteiger charge is -2.44. The molecule has 0 aliphatic carbocycles. The molecule has 0 saturated carbocycles. The molecule has 2 fully saturated rings. The Bertz CT molecular complexity index is 2190. The highest BCUT2D eigenvalue weighted by Crippen LogP contribution is 2.38. The summed E-state index contributed by atoms with van der Waals surface area (Å²) in [6.07, 6.45) is 1.04. The zero-order valence-electron chi connectivity index (χ0n) is 28.9. The predicted octanol–water partition coefficient (Wildman–Crippen LogP) is -1.50. The molecule has 2 aromatic rings. The van der Waals surface area contributed by atoms with Crippen LogP contribution in [0.15, 0.2) is 42.9 Å². The van der Waals surface area contributed by atoms with Gasteiger partial charge in [-0.1, -0.05) is 33.7 Å². The fourth-order valence-electron chi connectivity index (χ4n) is 5.60. The number of halogens is 1. The molecule has 2 saturated heterocycles. The number of amides is 4. The van der Waals surface area contributed by atoms with Gasteiger partial charge in [0.1, 0.15) is 15.1 Å². The number of carbonyl (C=O) groups excluding carboxylic acids is 4. The van der Waals surface area contributed by atoms with E-state index < -0.39 is 98.4 Å². The number of carboxylic acid groups (broad SMARTS) is 1. The van der Waals surface area contributed by atoms with Crippen LogP contribution in [0.25, 0.3) is 0 Å². The number of oxime groups is 1. The van der Waals surface area contributed by atoms with Crippen LogP contribution >= 0.6 is 23.4 Å². The number of aromatic nitrogens is 2. The van der Waals surface area contributed by atoms with E-state index in [9.17, 15) is 57.2 Å². The van der Waals surface area contributed by atoms with Gasteiger partial charge in [-0.15, -0.1) is 0 Å². The first kappa shape index (κ1) is 40.8. The third-order valence-electron chi connectivity index (χ3n) is 8.58. The van der Waals surface area contributed by atoms with E-state index >= 15 is 0 Å². The number of rotatable bonds is 13. The number of thioether (sulfide) groups is 1. The van der Waals surface area contributed by atoms with E-state index in [4.69, 9.17) is 26.7 Å². The monoisotopic (exact) mass is 831 g/mol. The lowest BCUT2D eigenvalue weighted by molar-refractivity contribution is -0.161. The molecule has 0 spiro atoms. The minimum absolute atomic E-state index is 0.0322. The van der Waals surface area contributed by atoms with Crippen molar-refractivity contribution in [3.05, 3.63) is 55.8 Å². The van der Waals surface area contributed by atoms with Crippen LogP contribution in [0.3, 0.4) is 0 Å². The van der Waals surface area contributed by atoms with Gasteiger partial charge in [0.05, 0.1) is 29.5 Å². The van der Waals surface area contributed by atoms with E-state index in [2.05, 4.69) is 26.3 Å². The second-order valence-electron chi connectivity index (χ2n) is 13.1. The van der Waals surface area contributed by atoms with Crippen LogP contribution in [0.5, 0.6) is 5.75 Å². The first-order valence-corrected chi connectivity index (χ1v) is 18.5. The molecule has 0 radical (unpaired) electrons. The maximum Gasteiger partial charge on any atom is 0.362 e. The summed E-state index contributed by atoms with van der Waals surface area (Å²) in [6.45, 7) is 2.94. The fraction of sp³-hybridized carbons (Fsp3) is 0.448. The molecule has 0 bridgehead atoms. The number of nitrogens with one attached hydrogen (secondary N) is 3. The second kappa shape index (κ2) is 15.0. The minimum Gasteiger partial charge on any atom is -0.503 e. The summed E-state index contributed by atoms with van der Waals surface area (Å²) < 4.78 is 39.4. The van der Waals surface area contributed by atoms with Crippen molar-refractivity contribution in [1.29, 1.82) is 0 Å². The third kappa shape index (κ3) is 8.64. The molecule has 23 nitrogen and oxygen atoms in total. The highest BCUT2D eigenvalue weighted by Gasteiger charge is 2.53. The summed E-state index contributed by atoms with van der Waals surface area (Å²) in [5.41, 5.74) is 2.46. The predicted molar refractivity (Wildman–Crippen MR) is 187 cm³/mol. The van der Waals surface area contributed by atoms with Gasteiger partial charge in [-0.3, -0.25) is 28.5 Å². The van der Waals surface area contributed by atoms with E-state index in [0.717, 1.165) is 31.7 Å². The van der Waals surface area contributed by atoms with Gasteiger partial charge in [0.25, 0.3) is 17.7 Å². The van der Waals surface area contributed by atoms with Crippen LogP contribution in [-0.2, 0) is 29.5 Å². The lowest BCUT2D eigenvalue weighted by atomic mass is 9.90. The van der Waals surface area contributed by atoms with E-state index in [-0.39, 0.29) is 44.6 Å². The number of nitrogens with zero attached hydrogens (tertiary/aromatic N) is 5. The third-order valence-corrected chi connectivity index (χ3v) is 10.9. The van der Waals surface area contributed by atoms with Crippen LogP contribution in [0, 0.1) is 5.92 Å². The van der Waals surface area contributed by atoms with E-state index in [1.165, 1.54) is 17.9 Å². The molecule has 0 aromatic carbocycles. The van der Waals surface area contributed by atoms with Gasteiger partial charge in [-0.05, 0) is 27.2 Å². The number of hydrogen-bond acceptors (Lipinski definition) is 17. The maximum atomic E-state index is 13.4. The summed E-state index contributed by atoms with van der Waals surface area (Å²) in [4.78, 5) is 80.7. The maximum absolute atomic E-state index is 13.4. The number of aromatic hydroxyl groups is 1. The molecule has 298 valence electrons. The van der Waals surface area contributed by atoms with Crippen molar-refractivity contribution in [1.82, 2.24) is 35.0 Å². The first-order valence-electron chi connectivity index (χ1n) is 15.9. The van der Waals surface area contributed by atoms with Gasteiger partial charge in [-0.25, -0.2) is 9.10 Å². The van der Waals surface area contributed by atoms with Crippen molar-refractivity contribution in [2.45, 2.75) is 49.7 Å². The first-order chi connectivity index (χ1) is 25.5. The van der Waals surface area contributed by atoms with Gasteiger partial charge in [0.2, 0.25) is 22.7 Å². The number of carbonyl (C=O) groups is 5. The number of nitrogens with two attached hydrogens (primary N) is 1. The molecule has 5 heterocycles. The lowest BCUT2D eigenvalue weighted by Crippen LogP contribution is -2.68. The topological polar surface area (TPSA) is 339 Å². The second-order valence-corrected chi connectivity index (χ2v) is 16.5. The largest absolute Gasteiger partial charge is 0.503 e. The zero-order chi connectivity index (χ0) is 40.8. The van der Waals surface area contributed by atoms with Crippen molar-refractivity contribution in [3.63, 3.8) is 0 Å². The van der Waals surface area contributed by atoms with Crippen LogP contribution in [-0.4, -0.2) is 126 Å². The van der Waals surface area contributed by atoms with Gasteiger partial charge in [-0.2, -0.15) is 13.1 Å². The van der Waals surface area contributed by atoms with Crippen molar-refractivity contribution in [3.8, 4) is 5.75 Å². The molecule has 5 rings (SSSR count).